The molecule has 15 heavy (non-hydrogen) atoms. The van der Waals surface area contributed by atoms with Gasteiger partial charge in [-0.05, 0) is 18.9 Å². The number of benzene rings is 1. The Labute approximate surface area is 102 Å². The first-order chi connectivity index (χ1) is 6.74. The number of hydrogen-bond donors (Lipinski definition) is 1. The Bertz CT molecular complexity index is 362. The molecular weight excluding hydrogens is 252 g/mol. The molecule has 0 aromatic heterocycles. The summed E-state index contributed by atoms with van der Waals surface area (Å²) in [5, 5.41) is 8.05. The normalized spacial score (nSPS) is 15.9. The molecule has 0 amide bonds. The van der Waals surface area contributed by atoms with Crippen LogP contribution >= 0.6 is 17.0 Å². The molecule has 0 spiro atoms. The fourth-order valence-corrected chi connectivity index (χ4v) is 1.90. The monoisotopic (exact) mass is 268 g/mol. The van der Waals surface area contributed by atoms with Crippen molar-refractivity contribution in [3.8, 4) is 0 Å². The number of amidine groups is 1. The van der Waals surface area contributed by atoms with E-state index in [1.165, 1.54) is 5.56 Å². The van der Waals surface area contributed by atoms with Gasteiger partial charge in [-0.15, -0.1) is 17.0 Å². The van der Waals surface area contributed by atoms with Crippen molar-refractivity contribution in [1.29, 1.82) is 5.41 Å². The van der Waals surface area contributed by atoms with Crippen molar-refractivity contribution in [1.82, 2.24) is 4.90 Å². The third-order valence-corrected chi connectivity index (χ3v) is 3.02. The first-order valence-electron chi connectivity index (χ1n) is 5.17. The maximum atomic E-state index is 8.05. The topological polar surface area (TPSA) is 27.1 Å². The second kappa shape index (κ2) is 4.79. The van der Waals surface area contributed by atoms with Crippen LogP contribution in [-0.4, -0.2) is 16.8 Å². The summed E-state index contributed by atoms with van der Waals surface area (Å²) >= 11 is 0. The average molecular weight is 269 g/mol. The van der Waals surface area contributed by atoms with Crippen molar-refractivity contribution >= 4 is 22.8 Å². The van der Waals surface area contributed by atoms with Gasteiger partial charge in [0.25, 0.3) is 0 Å². The molecule has 0 bridgehead atoms. The molecule has 82 valence electrons. The van der Waals surface area contributed by atoms with Crippen LogP contribution in [0.5, 0.6) is 0 Å². The van der Waals surface area contributed by atoms with Crippen LogP contribution in [0.1, 0.15) is 31.4 Å². The lowest BCUT2D eigenvalue weighted by Crippen LogP contribution is -2.32. The minimum absolute atomic E-state index is 0. The van der Waals surface area contributed by atoms with E-state index >= 15 is 0 Å². The lowest BCUT2D eigenvalue weighted by atomic mass is 10.1. The summed E-state index contributed by atoms with van der Waals surface area (Å²) < 4.78 is 0. The number of halogens is 1. The highest BCUT2D eigenvalue weighted by Gasteiger charge is 2.26. The highest BCUT2D eigenvalue weighted by atomic mass is 79.9. The standard InChI is InChI=1S/C12H16N2.BrH/c1-3-9(2)14-8-10-6-4-5-7-11(10)12(14)13;/h4-7,9,13H,3,8H2,1-2H3;1H. The van der Waals surface area contributed by atoms with Crippen LogP contribution in [0.2, 0.25) is 0 Å². The summed E-state index contributed by atoms with van der Waals surface area (Å²) in [6.45, 7) is 5.26. The Hall–Kier alpha value is -0.830. The molecule has 0 radical (unpaired) electrons. The Morgan fingerprint density at radius 3 is 2.67 bits per heavy atom. The molecule has 0 aliphatic carbocycles. The Kier molecular flexibility index (Phi) is 3.91. The first kappa shape index (κ1) is 12.2. The number of nitrogens with zero attached hydrogens (tertiary/aromatic N) is 1. The van der Waals surface area contributed by atoms with Gasteiger partial charge in [-0.1, -0.05) is 31.2 Å². The summed E-state index contributed by atoms with van der Waals surface area (Å²) in [5.74, 6) is 0.690. The van der Waals surface area contributed by atoms with Gasteiger partial charge in [-0.25, -0.2) is 0 Å². The van der Waals surface area contributed by atoms with Crippen LogP contribution in [0.25, 0.3) is 0 Å². The zero-order valence-electron chi connectivity index (χ0n) is 9.16. The van der Waals surface area contributed by atoms with E-state index in [0.29, 0.717) is 11.9 Å². The summed E-state index contributed by atoms with van der Waals surface area (Å²) in [6.07, 6.45) is 1.09. The number of nitrogens with one attached hydrogen (secondary N) is 1. The van der Waals surface area contributed by atoms with Gasteiger partial charge in [-0.3, -0.25) is 5.41 Å². The van der Waals surface area contributed by atoms with Crippen molar-refractivity contribution in [3.63, 3.8) is 0 Å². The molecule has 1 aliphatic rings. The number of hydrogen-bond acceptors (Lipinski definition) is 1. The lowest BCUT2D eigenvalue weighted by Gasteiger charge is -2.24. The van der Waals surface area contributed by atoms with Crippen molar-refractivity contribution < 1.29 is 0 Å². The average Bonchev–Trinajstić information content (AvgIpc) is 2.56. The second-order valence-electron chi connectivity index (χ2n) is 3.89. The van der Waals surface area contributed by atoms with Crippen LogP contribution in [0.3, 0.4) is 0 Å². The highest BCUT2D eigenvalue weighted by molar-refractivity contribution is 8.93. The number of fused-ring (bicyclic) bond motifs is 1. The molecule has 3 heteroatoms. The van der Waals surface area contributed by atoms with Gasteiger partial charge in [0, 0.05) is 18.2 Å². The van der Waals surface area contributed by atoms with E-state index in [1.807, 2.05) is 18.2 Å². The first-order valence-corrected chi connectivity index (χ1v) is 5.17. The molecule has 1 aliphatic heterocycles. The van der Waals surface area contributed by atoms with Crippen LogP contribution in [-0.2, 0) is 6.54 Å². The van der Waals surface area contributed by atoms with Gasteiger partial charge < -0.3 is 4.90 Å². The van der Waals surface area contributed by atoms with Gasteiger partial charge in [0.1, 0.15) is 5.84 Å². The molecule has 0 saturated carbocycles. The van der Waals surface area contributed by atoms with Crippen molar-refractivity contribution in [3.05, 3.63) is 35.4 Å². The predicted octanol–water partition coefficient (Wildman–Crippen LogP) is 3.20. The fraction of sp³-hybridized carbons (Fsp3) is 0.417. The molecule has 0 fully saturated rings. The molecule has 1 N–H and O–H groups in total. The Morgan fingerprint density at radius 1 is 1.40 bits per heavy atom. The zero-order valence-corrected chi connectivity index (χ0v) is 10.9. The highest BCUT2D eigenvalue weighted by Crippen LogP contribution is 2.24. The molecular formula is C12H17BrN2. The predicted molar refractivity (Wildman–Crippen MR) is 68.9 cm³/mol. The second-order valence-corrected chi connectivity index (χ2v) is 3.89. The Balaban J connectivity index is 0.00000112. The summed E-state index contributed by atoms with van der Waals surface area (Å²) in [7, 11) is 0. The van der Waals surface area contributed by atoms with Gasteiger partial charge in [-0.2, -0.15) is 0 Å². The molecule has 1 atom stereocenters. The molecule has 1 aromatic rings. The smallest absolute Gasteiger partial charge is 0.128 e. The quantitative estimate of drug-likeness (QED) is 0.877. The minimum Gasteiger partial charge on any atom is -0.350 e. The van der Waals surface area contributed by atoms with E-state index < -0.39 is 0 Å². The van der Waals surface area contributed by atoms with Gasteiger partial charge in [0.05, 0.1) is 0 Å². The number of rotatable bonds is 2. The molecule has 1 aromatic carbocycles. The zero-order chi connectivity index (χ0) is 10.1. The van der Waals surface area contributed by atoms with Crippen molar-refractivity contribution in [2.45, 2.75) is 32.9 Å². The third kappa shape index (κ3) is 2.07. The molecule has 2 rings (SSSR count). The largest absolute Gasteiger partial charge is 0.350 e. The van der Waals surface area contributed by atoms with Gasteiger partial charge in [0.15, 0.2) is 0 Å². The van der Waals surface area contributed by atoms with Gasteiger partial charge in [0.2, 0.25) is 0 Å². The van der Waals surface area contributed by atoms with E-state index in [1.54, 1.807) is 0 Å². The van der Waals surface area contributed by atoms with Gasteiger partial charge >= 0.3 is 0 Å². The molecule has 1 unspecified atom stereocenters. The van der Waals surface area contributed by atoms with Crippen LogP contribution < -0.4 is 0 Å². The van der Waals surface area contributed by atoms with Crippen molar-refractivity contribution in [2.75, 3.05) is 0 Å². The van der Waals surface area contributed by atoms with Crippen LogP contribution in [0, 0.1) is 5.41 Å². The van der Waals surface area contributed by atoms with E-state index in [2.05, 4.69) is 24.8 Å². The van der Waals surface area contributed by atoms with E-state index in [0.717, 1.165) is 18.5 Å². The van der Waals surface area contributed by atoms with E-state index in [9.17, 15) is 0 Å². The van der Waals surface area contributed by atoms with Crippen LogP contribution in [0.4, 0.5) is 0 Å². The van der Waals surface area contributed by atoms with Crippen LogP contribution in [0.15, 0.2) is 24.3 Å². The van der Waals surface area contributed by atoms with E-state index in [4.69, 9.17) is 5.41 Å². The summed E-state index contributed by atoms with van der Waals surface area (Å²) in [4.78, 5) is 2.17. The van der Waals surface area contributed by atoms with Crippen molar-refractivity contribution in [2.24, 2.45) is 0 Å². The molecule has 0 saturated heterocycles. The fourth-order valence-electron chi connectivity index (χ4n) is 1.90. The summed E-state index contributed by atoms with van der Waals surface area (Å²) in [6, 6.07) is 8.68. The Morgan fingerprint density at radius 2 is 2.07 bits per heavy atom. The molecule has 1 heterocycles. The maximum absolute atomic E-state index is 8.05. The van der Waals surface area contributed by atoms with E-state index in [-0.39, 0.29) is 17.0 Å². The minimum atomic E-state index is 0. The maximum Gasteiger partial charge on any atom is 0.128 e. The summed E-state index contributed by atoms with van der Waals surface area (Å²) in [5.41, 5.74) is 2.39. The third-order valence-electron chi connectivity index (χ3n) is 3.02. The molecule has 2 nitrogen and oxygen atoms in total. The SMILES string of the molecule is Br.CCC(C)N1Cc2ccccc2C1=N. The lowest BCUT2D eigenvalue weighted by molar-refractivity contribution is 0.326.